The Balaban J connectivity index is 0.000000921. The highest BCUT2D eigenvalue weighted by Gasteiger charge is 2.07. The van der Waals surface area contributed by atoms with E-state index in [4.69, 9.17) is 11.6 Å². The molecule has 2 nitrogen and oxygen atoms in total. The van der Waals surface area contributed by atoms with Crippen LogP contribution in [0.15, 0.2) is 18.2 Å². The Labute approximate surface area is 96.6 Å². The molecule has 0 aliphatic rings. The second-order valence-electron chi connectivity index (χ2n) is 2.89. The van der Waals surface area contributed by atoms with Crippen molar-refractivity contribution >= 4 is 17.5 Å². The van der Waals surface area contributed by atoms with Gasteiger partial charge in [0.25, 0.3) is 0 Å². The first-order chi connectivity index (χ1) is 7.15. The molecule has 1 aromatic rings. The van der Waals surface area contributed by atoms with Crippen LogP contribution in [0, 0.1) is 6.92 Å². The number of halogens is 1. The van der Waals surface area contributed by atoms with Gasteiger partial charge in [0.1, 0.15) is 0 Å². The molecular weight excluding hydrogens is 210 g/mol. The third-order valence-electron chi connectivity index (χ3n) is 1.97. The van der Waals surface area contributed by atoms with Crippen LogP contribution in [0.25, 0.3) is 0 Å². The zero-order valence-electron chi connectivity index (χ0n) is 9.73. The molecule has 1 aromatic carbocycles. The maximum Gasteiger partial charge on any atom is 0.224 e. The van der Waals surface area contributed by atoms with Crippen LogP contribution in [-0.4, -0.2) is 13.0 Å². The highest BCUT2D eigenvalue weighted by atomic mass is 35.5. The van der Waals surface area contributed by atoms with Crippen LogP contribution in [0.1, 0.15) is 25.0 Å². The van der Waals surface area contributed by atoms with Crippen LogP contribution in [0.4, 0.5) is 0 Å². The maximum absolute atomic E-state index is 11.1. The molecule has 0 heterocycles. The summed E-state index contributed by atoms with van der Waals surface area (Å²) in [7, 11) is 1.62. The molecule has 0 bridgehead atoms. The van der Waals surface area contributed by atoms with Crippen LogP contribution in [0.2, 0.25) is 5.02 Å². The minimum absolute atomic E-state index is 0.0174. The van der Waals surface area contributed by atoms with Gasteiger partial charge in [-0.25, -0.2) is 0 Å². The molecule has 15 heavy (non-hydrogen) atoms. The molecule has 0 fully saturated rings. The number of carbonyl (C=O) groups excluding carboxylic acids is 1. The molecule has 0 aromatic heterocycles. The zero-order chi connectivity index (χ0) is 11.8. The van der Waals surface area contributed by atoms with Crippen molar-refractivity contribution in [2.24, 2.45) is 0 Å². The van der Waals surface area contributed by atoms with Crippen molar-refractivity contribution < 1.29 is 4.79 Å². The summed E-state index contributed by atoms with van der Waals surface area (Å²) in [5.74, 6) is -0.0174. The van der Waals surface area contributed by atoms with E-state index in [0.29, 0.717) is 11.4 Å². The van der Waals surface area contributed by atoms with Gasteiger partial charge in [-0.15, -0.1) is 0 Å². The van der Waals surface area contributed by atoms with E-state index in [2.05, 4.69) is 5.32 Å². The molecule has 0 aliphatic carbocycles. The molecule has 0 saturated carbocycles. The van der Waals surface area contributed by atoms with E-state index in [1.165, 1.54) is 0 Å². The third kappa shape index (κ3) is 4.34. The van der Waals surface area contributed by atoms with Gasteiger partial charge in [0.15, 0.2) is 0 Å². The molecule has 0 saturated heterocycles. The summed E-state index contributed by atoms with van der Waals surface area (Å²) >= 11 is 5.95. The summed E-state index contributed by atoms with van der Waals surface area (Å²) < 4.78 is 0. The van der Waals surface area contributed by atoms with E-state index < -0.39 is 0 Å². The standard InChI is InChI=1S/C10H12ClNO.C2H6/c1-7-4-3-5-9(11)8(7)6-10(13)12-2;1-2/h3-5H,6H2,1-2H3,(H,12,13);1-2H3. The summed E-state index contributed by atoms with van der Waals surface area (Å²) in [5, 5.41) is 3.23. The summed E-state index contributed by atoms with van der Waals surface area (Å²) in [6, 6.07) is 5.63. The number of rotatable bonds is 2. The van der Waals surface area contributed by atoms with Gasteiger partial charge in [0, 0.05) is 12.1 Å². The van der Waals surface area contributed by atoms with Crippen LogP contribution in [0.5, 0.6) is 0 Å². The average Bonchev–Trinajstić information content (AvgIpc) is 2.26. The molecule has 3 heteroatoms. The lowest BCUT2D eigenvalue weighted by molar-refractivity contribution is -0.119. The lowest BCUT2D eigenvalue weighted by Gasteiger charge is -2.06. The average molecular weight is 228 g/mol. The van der Waals surface area contributed by atoms with Crippen molar-refractivity contribution in [3.63, 3.8) is 0 Å². The largest absolute Gasteiger partial charge is 0.359 e. The first-order valence-corrected chi connectivity index (χ1v) is 5.47. The van der Waals surface area contributed by atoms with Crippen molar-refractivity contribution in [3.8, 4) is 0 Å². The third-order valence-corrected chi connectivity index (χ3v) is 2.32. The van der Waals surface area contributed by atoms with Gasteiger partial charge in [-0.1, -0.05) is 37.6 Å². The SMILES string of the molecule is CC.CNC(=O)Cc1c(C)cccc1Cl. The molecule has 0 atom stereocenters. The molecule has 0 unspecified atom stereocenters. The molecule has 84 valence electrons. The number of likely N-dealkylation sites (N-methyl/N-ethyl adjacent to an activating group) is 1. The lowest BCUT2D eigenvalue weighted by Crippen LogP contribution is -2.20. The quantitative estimate of drug-likeness (QED) is 0.827. The fraction of sp³-hybridized carbons (Fsp3) is 0.417. The smallest absolute Gasteiger partial charge is 0.224 e. The van der Waals surface area contributed by atoms with E-state index >= 15 is 0 Å². The Hall–Kier alpha value is -1.02. The van der Waals surface area contributed by atoms with Gasteiger partial charge in [0.05, 0.1) is 6.42 Å². The van der Waals surface area contributed by atoms with Gasteiger partial charge in [-0.05, 0) is 24.1 Å². The monoisotopic (exact) mass is 227 g/mol. The summed E-state index contributed by atoms with van der Waals surface area (Å²) in [5.41, 5.74) is 1.96. The Morgan fingerprint density at radius 1 is 1.40 bits per heavy atom. The molecular formula is C12H18ClNO. The van der Waals surface area contributed by atoms with Gasteiger partial charge in [-0.2, -0.15) is 0 Å². The Kier molecular flexibility index (Phi) is 6.80. The topological polar surface area (TPSA) is 29.1 Å². The minimum Gasteiger partial charge on any atom is -0.359 e. The summed E-state index contributed by atoms with van der Waals surface area (Å²) in [4.78, 5) is 11.1. The minimum atomic E-state index is -0.0174. The number of hydrogen-bond donors (Lipinski definition) is 1. The van der Waals surface area contributed by atoms with E-state index in [0.717, 1.165) is 11.1 Å². The van der Waals surface area contributed by atoms with Crippen molar-refractivity contribution in [2.45, 2.75) is 27.2 Å². The number of carbonyl (C=O) groups is 1. The molecule has 1 amide bonds. The van der Waals surface area contributed by atoms with Crippen LogP contribution in [0.3, 0.4) is 0 Å². The summed E-state index contributed by atoms with van der Waals surface area (Å²) in [6.45, 7) is 5.95. The number of benzene rings is 1. The zero-order valence-corrected chi connectivity index (χ0v) is 10.5. The van der Waals surface area contributed by atoms with Crippen LogP contribution >= 0.6 is 11.6 Å². The summed E-state index contributed by atoms with van der Waals surface area (Å²) in [6.07, 6.45) is 0.349. The lowest BCUT2D eigenvalue weighted by atomic mass is 10.1. The molecule has 1 rings (SSSR count). The molecule has 0 spiro atoms. The fourth-order valence-corrected chi connectivity index (χ4v) is 1.43. The molecule has 0 radical (unpaired) electrons. The predicted molar refractivity (Wildman–Crippen MR) is 65.3 cm³/mol. The van der Waals surface area contributed by atoms with Gasteiger partial charge >= 0.3 is 0 Å². The Morgan fingerprint density at radius 3 is 2.47 bits per heavy atom. The number of nitrogens with one attached hydrogen (secondary N) is 1. The Bertz CT molecular complexity index is 303. The van der Waals surface area contributed by atoms with Crippen molar-refractivity contribution in [1.29, 1.82) is 0 Å². The Morgan fingerprint density at radius 2 is 2.00 bits per heavy atom. The van der Waals surface area contributed by atoms with Crippen molar-refractivity contribution in [3.05, 3.63) is 34.3 Å². The second kappa shape index (κ2) is 7.30. The van der Waals surface area contributed by atoms with E-state index in [1.54, 1.807) is 13.1 Å². The second-order valence-corrected chi connectivity index (χ2v) is 3.29. The molecule has 1 N–H and O–H groups in total. The number of aryl methyl sites for hydroxylation is 1. The van der Waals surface area contributed by atoms with E-state index in [9.17, 15) is 4.79 Å². The predicted octanol–water partition coefficient (Wildman–Crippen LogP) is 2.96. The maximum atomic E-state index is 11.1. The molecule has 0 aliphatic heterocycles. The van der Waals surface area contributed by atoms with Gasteiger partial charge in [-0.3, -0.25) is 4.79 Å². The normalized spacial score (nSPS) is 8.87. The van der Waals surface area contributed by atoms with E-state index in [1.807, 2.05) is 32.9 Å². The van der Waals surface area contributed by atoms with Crippen LogP contribution in [-0.2, 0) is 11.2 Å². The number of hydrogen-bond acceptors (Lipinski definition) is 1. The van der Waals surface area contributed by atoms with E-state index in [-0.39, 0.29) is 5.91 Å². The number of amides is 1. The van der Waals surface area contributed by atoms with Crippen LogP contribution < -0.4 is 5.32 Å². The van der Waals surface area contributed by atoms with Gasteiger partial charge in [0.2, 0.25) is 5.91 Å². The fourth-order valence-electron chi connectivity index (χ4n) is 1.14. The highest BCUT2D eigenvalue weighted by Crippen LogP contribution is 2.19. The van der Waals surface area contributed by atoms with Gasteiger partial charge < -0.3 is 5.32 Å². The van der Waals surface area contributed by atoms with Crippen molar-refractivity contribution in [2.75, 3.05) is 7.05 Å². The highest BCUT2D eigenvalue weighted by molar-refractivity contribution is 6.31. The first-order valence-electron chi connectivity index (χ1n) is 5.09. The first kappa shape index (κ1) is 14.0. The van der Waals surface area contributed by atoms with Crippen molar-refractivity contribution in [1.82, 2.24) is 5.32 Å².